The van der Waals surface area contributed by atoms with Gasteiger partial charge in [-0.05, 0) is 35.7 Å². The van der Waals surface area contributed by atoms with Gasteiger partial charge in [-0.2, -0.15) is 0 Å². The van der Waals surface area contributed by atoms with Gasteiger partial charge in [0, 0.05) is 12.7 Å². The number of allylic oxidation sites excluding steroid dienone is 1. The number of benzene rings is 2. The SMILES string of the molecule is C=CC[C@@]1(c2ccc(OC)cc2)C(=O)N(C)c2ccccc21. The van der Waals surface area contributed by atoms with Crippen molar-refractivity contribution in [2.45, 2.75) is 11.8 Å². The van der Waals surface area contributed by atoms with Crippen LogP contribution in [0.25, 0.3) is 0 Å². The van der Waals surface area contributed by atoms with Crippen molar-refractivity contribution in [2.24, 2.45) is 0 Å². The Morgan fingerprint density at radius 3 is 2.50 bits per heavy atom. The molecule has 0 aromatic heterocycles. The summed E-state index contributed by atoms with van der Waals surface area (Å²) in [5, 5.41) is 0. The third kappa shape index (κ3) is 1.86. The van der Waals surface area contributed by atoms with Gasteiger partial charge in [0.25, 0.3) is 0 Å². The first-order chi connectivity index (χ1) is 10.6. The van der Waals surface area contributed by atoms with Gasteiger partial charge >= 0.3 is 0 Å². The second-order valence-corrected chi connectivity index (χ2v) is 5.51. The van der Waals surface area contributed by atoms with E-state index in [1.165, 1.54) is 0 Å². The summed E-state index contributed by atoms with van der Waals surface area (Å²) in [5.41, 5.74) is 2.27. The summed E-state index contributed by atoms with van der Waals surface area (Å²) in [6.07, 6.45) is 2.39. The van der Waals surface area contributed by atoms with Crippen molar-refractivity contribution >= 4 is 11.6 Å². The summed E-state index contributed by atoms with van der Waals surface area (Å²) in [7, 11) is 3.47. The number of nitrogens with zero attached hydrogens (tertiary/aromatic N) is 1. The molecule has 2 aromatic rings. The molecule has 2 aromatic carbocycles. The Kier molecular flexibility index (Phi) is 3.49. The van der Waals surface area contributed by atoms with Crippen molar-refractivity contribution in [1.82, 2.24) is 0 Å². The van der Waals surface area contributed by atoms with E-state index in [-0.39, 0.29) is 5.91 Å². The van der Waals surface area contributed by atoms with Crippen molar-refractivity contribution in [1.29, 1.82) is 0 Å². The maximum Gasteiger partial charge on any atom is 0.242 e. The van der Waals surface area contributed by atoms with Crippen LogP contribution in [0.5, 0.6) is 5.75 Å². The molecule has 1 atom stereocenters. The van der Waals surface area contributed by atoms with Gasteiger partial charge in [0.15, 0.2) is 0 Å². The van der Waals surface area contributed by atoms with Crippen molar-refractivity contribution in [2.75, 3.05) is 19.1 Å². The van der Waals surface area contributed by atoms with Crippen LogP contribution in [0.2, 0.25) is 0 Å². The third-order valence-electron chi connectivity index (χ3n) is 4.43. The quantitative estimate of drug-likeness (QED) is 0.807. The molecule has 0 radical (unpaired) electrons. The van der Waals surface area contributed by atoms with E-state index >= 15 is 0 Å². The number of hydrogen-bond donors (Lipinski definition) is 0. The van der Waals surface area contributed by atoms with E-state index in [2.05, 4.69) is 6.58 Å². The number of ether oxygens (including phenoxy) is 1. The largest absolute Gasteiger partial charge is 0.497 e. The van der Waals surface area contributed by atoms with Crippen molar-refractivity contribution < 1.29 is 9.53 Å². The minimum atomic E-state index is -0.695. The molecule has 0 bridgehead atoms. The van der Waals surface area contributed by atoms with E-state index in [1.807, 2.05) is 61.7 Å². The molecule has 0 aliphatic carbocycles. The first-order valence-electron chi connectivity index (χ1n) is 7.28. The summed E-state index contributed by atoms with van der Waals surface area (Å²) in [6, 6.07) is 15.7. The smallest absolute Gasteiger partial charge is 0.242 e. The maximum absolute atomic E-state index is 13.1. The number of methoxy groups -OCH3 is 1. The minimum Gasteiger partial charge on any atom is -0.497 e. The minimum absolute atomic E-state index is 0.0822. The first-order valence-corrected chi connectivity index (χ1v) is 7.28. The van der Waals surface area contributed by atoms with Crippen molar-refractivity contribution in [3.63, 3.8) is 0 Å². The topological polar surface area (TPSA) is 29.5 Å². The molecule has 22 heavy (non-hydrogen) atoms. The number of amides is 1. The highest BCUT2D eigenvalue weighted by Crippen LogP contribution is 2.48. The lowest BCUT2D eigenvalue weighted by Gasteiger charge is -2.28. The van der Waals surface area contributed by atoms with E-state index < -0.39 is 5.41 Å². The second-order valence-electron chi connectivity index (χ2n) is 5.51. The molecular weight excluding hydrogens is 274 g/mol. The highest BCUT2D eigenvalue weighted by Gasteiger charge is 2.49. The zero-order valence-corrected chi connectivity index (χ0v) is 12.9. The Balaban J connectivity index is 2.24. The van der Waals surface area contributed by atoms with Crippen LogP contribution < -0.4 is 9.64 Å². The molecule has 0 saturated heterocycles. The third-order valence-corrected chi connectivity index (χ3v) is 4.43. The lowest BCUT2D eigenvalue weighted by atomic mass is 9.73. The molecule has 1 heterocycles. The average molecular weight is 293 g/mol. The molecule has 0 spiro atoms. The molecule has 3 heteroatoms. The van der Waals surface area contributed by atoms with E-state index in [0.29, 0.717) is 6.42 Å². The lowest BCUT2D eigenvalue weighted by Crippen LogP contribution is -2.39. The molecule has 1 aliphatic heterocycles. The Morgan fingerprint density at radius 2 is 1.86 bits per heavy atom. The molecule has 112 valence electrons. The highest BCUT2D eigenvalue weighted by atomic mass is 16.5. The molecule has 1 aliphatic rings. The first kappa shape index (κ1) is 14.4. The van der Waals surface area contributed by atoms with E-state index in [4.69, 9.17) is 4.74 Å². The Morgan fingerprint density at radius 1 is 1.18 bits per heavy atom. The predicted octanol–water partition coefficient (Wildman–Crippen LogP) is 3.53. The molecule has 0 unspecified atom stereocenters. The lowest BCUT2D eigenvalue weighted by molar-refractivity contribution is -0.121. The van der Waals surface area contributed by atoms with Gasteiger partial charge in [-0.1, -0.05) is 36.4 Å². The normalized spacial score (nSPS) is 19.9. The van der Waals surface area contributed by atoms with Gasteiger partial charge in [0.2, 0.25) is 5.91 Å². The summed E-state index contributed by atoms with van der Waals surface area (Å²) in [6.45, 7) is 3.87. The number of rotatable bonds is 4. The Hall–Kier alpha value is -2.55. The number of fused-ring (bicyclic) bond motifs is 1. The maximum atomic E-state index is 13.1. The van der Waals surface area contributed by atoms with Crippen LogP contribution >= 0.6 is 0 Å². The average Bonchev–Trinajstić information content (AvgIpc) is 2.78. The van der Waals surface area contributed by atoms with Gasteiger partial charge in [0.05, 0.1) is 7.11 Å². The molecule has 3 rings (SSSR count). The van der Waals surface area contributed by atoms with Crippen molar-refractivity contribution in [3.05, 3.63) is 72.3 Å². The predicted molar refractivity (Wildman–Crippen MR) is 88.4 cm³/mol. The van der Waals surface area contributed by atoms with E-state index in [9.17, 15) is 4.79 Å². The van der Waals surface area contributed by atoms with Gasteiger partial charge in [0.1, 0.15) is 11.2 Å². The Bertz CT molecular complexity index is 720. The molecule has 0 N–H and O–H groups in total. The molecule has 1 amide bonds. The van der Waals surface area contributed by atoms with Crippen LogP contribution in [0.15, 0.2) is 61.2 Å². The number of carbonyl (C=O) groups excluding carboxylic acids is 1. The number of anilines is 1. The van der Waals surface area contributed by atoms with Crippen LogP contribution in [-0.4, -0.2) is 20.1 Å². The van der Waals surface area contributed by atoms with Gasteiger partial charge < -0.3 is 9.64 Å². The van der Waals surface area contributed by atoms with Crippen LogP contribution in [0.3, 0.4) is 0 Å². The zero-order chi connectivity index (χ0) is 15.7. The number of likely N-dealkylation sites (N-methyl/N-ethyl adjacent to an activating group) is 1. The number of para-hydroxylation sites is 1. The van der Waals surface area contributed by atoms with Gasteiger partial charge in [-0.25, -0.2) is 0 Å². The zero-order valence-electron chi connectivity index (χ0n) is 12.9. The van der Waals surface area contributed by atoms with Crippen LogP contribution in [-0.2, 0) is 10.2 Å². The molecule has 0 saturated carbocycles. The monoisotopic (exact) mass is 293 g/mol. The summed E-state index contributed by atoms with van der Waals surface area (Å²) < 4.78 is 5.23. The fraction of sp³-hybridized carbons (Fsp3) is 0.211. The summed E-state index contributed by atoms with van der Waals surface area (Å²) >= 11 is 0. The standard InChI is InChI=1S/C19H19NO2/c1-4-13-19(14-9-11-15(22-3)12-10-14)16-7-5-6-8-17(16)20(2)18(19)21/h4-12H,1,13H2,2-3H3/t19-/m0/s1. The van der Waals surface area contributed by atoms with Gasteiger partial charge in [-0.3, -0.25) is 4.79 Å². The van der Waals surface area contributed by atoms with Crippen LogP contribution in [0, 0.1) is 0 Å². The van der Waals surface area contributed by atoms with Crippen molar-refractivity contribution in [3.8, 4) is 5.75 Å². The molecular formula is C19H19NO2. The summed E-state index contributed by atoms with van der Waals surface area (Å²) in [5.74, 6) is 0.864. The van der Waals surface area contributed by atoms with Crippen LogP contribution in [0.4, 0.5) is 5.69 Å². The molecule has 0 fully saturated rings. The van der Waals surface area contributed by atoms with Crippen LogP contribution in [0.1, 0.15) is 17.5 Å². The van der Waals surface area contributed by atoms with Gasteiger partial charge in [-0.15, -0.1) is 6.58 Å². The fourth-order valence-corrected chi connectivity index (χ4v) is 3.32. The Labute approximate surface area is 130 Å². The number of carbonyl (C=O) groups is 1. The molecule has 3 nitrogen and oxygen atoms in total. The van der Waals surface area contributed by atoms with E-state index in [0.717, 1.165) is 22.6 Å². The fourth-order valence-electron chi connectivity index (χ4n) is 3.32. The number of hydrogen-bond acceptors (Lipinski definition) is 2. The summed E-state index contributed by atoms with van der Waals surface area (Å²) in [4.78, 5) is 14.8. The second kappa shape index (κ2) is 5.34. The highest BCUT2D eigenvalue weighted by molar-refractivity contribution is 6.10. The van der Waals surface area contributed by atoms with E-state index in [1.54, 1.807) is 12.0 Å².